The van der Waals surface area contributed by atoms with Gasteiger partial charge in [-0.25, -0.2) is 5.14 Å². The first-order valence-electron chi connectivity index (χ1n) is 7.26. The second-order valence-corrected chi connectivity index (χ2v) is 7.95. The van der Waals surface area contributed by atoms with Gasteiger partial charge in [0.05, 0.1) is 5.56 Å². The van der Waals surface area contributed by atoms with Gasteiger partial charge in [-0.05, 0) is 36.0 Å². The fraction of sp³-hybridized carbons (Fsp3) is 0.571. The van der Waals surface area contributed by atoms with Gasteiger partial charge in [-0.15, -0.1) is 0 Å². The number of alkyl halides is 3. The molecule has 5 nitrogen and oxygen atoms in total. The SMILES string of the molecule is NS(=O)(=O)N(Cc1ccc(C(F)(F)F)cc1)C1CC2(CNC2)C1. The fourth-order valence-electron chi connectivity index (χ4n) is 3.32. The molecule has 2 fully saturated rings. The van der Waals surface area contributed by atoms with E-state index < -0.39 is 21.9 Å². The van der Waals surface area contributed by atoms with Crippen molar-refractivity contribution in [2.24, 2.45) is 10.6 Å². The van der Waals surface area contributed by atoms with Crippen molar-refractivity contribution in [3.8, 4) is 0 Å². The first-order chi connectivity index (χ1) is 10.6. The van der Waals surface area contributed by atoms with E-state index in [1.54, 1.807) is 0 Å². The van der Waals surface area contributed by atoms with Crippen molar-refractivity contribution < 1.29 is 21.6 Å². The van der Waals surface area contributed by atoms with Gasteiger partial charge in [-0.2, -0.15) is 25.9 Å². The van der Waals surface area contributed by atoms with Crippen LogP contribution in [0.15, 0.2) is 24.3 Å². The van der Waals surface area contributed by atoms with Crippen molar-refractivity contribution in [1.82, 2.24) is 9.62 Å². The summed E-state index contributed by atoms with van der Waals surface area (Å²) in [5, 5.41) is 8.45. The lowest BCUT2D eigenvalue weighted by Crippen LogP contribution is -2.66. The molecular weight excluding hydrogens is 331 g/mol. The summed E-state index contributed by atoms with van der Waals surface area (Å²) in [7, 11) is -3.91. The molecule has 0 atom stereocenters. The van der Waals surface area contributed by atoms with Gasteiger partial charge in [0.15, 0.2) is 0 Å². The van der Waals surface area contributed by atoms with E-state index in [4.69, 9.17) is 5.14 Å². The number of rotatable bonds is 4. The van der Waals surface area contributed by atoms with Crippen LogP contribution in [0.1, 0.15) is 24.0 Å². The molecule has 0 aromatic heterocycles. The van der Waals surface area contributed by atoms with Gasteiger partial charge in [-0.3, -0.25) is 0 Å². The maximum Gasteiger partial charge on any atom is 0.416 e. The minimum Gasteiger partial charge on any atom is -0.316 e. The Labute approximate surface area is 132 Å². The molecule has 3 N–H and O–H groups in total. The van der Waals surface area contributed by atoms with E-state index in [1.165, 1.54) is 16.4 Å². The highest BCUT2D eigenvalue weighted by Gasteiger charge is 2.51. The molecule has 9 heteroatoms. The Morgan fingerprint density at radius 3 is 2.17 bits per heavy atom. The molecule has 1 heterocycles. The van der Waals surface area contributed by atoms with E-state index in [1.807, 2.05) is 0 Å². The van der Waals surface area contributed by atoms with Gasteiger partial charge in [0.1, 0.15) is 0 Å². The topological polar surface area (TPSA) is 75.4 Å². The van der Waals surface area contributed by atoms with Gasteiger partial charge in [0, 0.05) is 25.7 Å². The van der Waals surface area contributed by atoms with Crippen LogP contribution in [0.25, 0.3) is 0 Å². The number of benzene rings is 1. The summed E-state index contributed by atoms with van der Waals surface area (Å²) in [4.78, 5) is 0. The van der Waals surface area contributed by atoms with Gasteiger partial charge < -0.3 is 5.32 Å². The first kappa shape index (κ1) is 16.7. The highest BCUT2D eigenvalue weighted by atomic mass is 32.2. The monoisotopic (exact) mass is 349 g/mol. The minimum atomic E-state index is -4.41. The summed E-state index contributed by atoms with van der Waals surface area (Å²) in [5.74, 6) is 0. The summed E-state index contributed by atoms with van der Waals surface area (Å²) in [5.41, 5.74) is -0.0976. The van der Waals surface area contributed by atoms with Crippen molar-refractivity contribution >= 4 is 10.2 Å². The van der Waals surface area contributed by atoms with E-state index >= 15 is 0 Å². The van der Waals surface area contributed by atoms with Crippen LogP contribution >= 0.6 is 0 Å². The summed E-state index contributed by atoms with van der Waals surface area (Å²) < 4.78 is 62.5. The molecule has 2 aliphatic rings. The summed E-state index contributed by atoms with van der Waals surface area (Å²) in [6, 6.07) is 4.30. The van der Waals surface area contributed by atoms with E-state index in [9.17, 15) is 21.6 Å². The molecule has 1 spiro atoms. The average molecular weight is 349 g/mol. The first-order valence-corrected chi connectivity index (χ1v) is 8.76. The average Bonchev–Trinajstić information content (AvgIpc) is 2.32. The predicted octanol–water partition coefficient (Wildman–Crippen LogP) is 1.46. The highest BCUT2D eigenvalue weighted by molar-refractivity contribution is 7.86. The second kappa shape index (κ2) is 5.44. The zero-order valence-corrected chi connectivity index (χ0v) is 13.1. The van der Waals surface area contributed by atoms with Gasteiger partial charge in [0.25, 0.3) is 10.2 Å². The van der Waals surface area contributed by atoms with Crippen LogP contribution in [0.4, 0.5) is 13.2 Å². The van der Waals surface area contributed by atoms with Crippen LogP contribution in [0.3, 0.4) is 0 Å². The Hall–Kier alpha value is -1.16. The molecule has 1 aromatic rings. The van der Waals surface area contributed by atoms with Crippen molar-refractivity contribution in [2.75, 3.05) is 13.1 Å². The van der Waals surface area contributed by atoms with Crippen molar-refractivity contribution in [3.05, 3.63) is 35.4 Å². The maximum atomic E-state index is 12.6. The molecule has 1 saturated carbocycles. The van der Waals surface area contributed by atoms with Crippen molar-refractivity contribution in [3.63, 3.8) is 0 Å². The molecule has 3 rings (SSSR count). The third kappa shape index (κ3) is 3.37. The number of nitrogens with two attached hydrogens (primary N) is 1. The summed E-state index contributed by atoms with van der Waals surface area (Å²) >= 11 is 0. The lowest BCUT2D eigenvalue weighted by molar-refractivity contribution is -0.137. The van der Waals surface area contributed by atoms with Crippen LogP contribution in [-0.2, 0) is 22.9 Å². The number of hydrogen-bond acceptors (Lipinski definition) is 3. The Bertz CT molecular complexity index is 676. The third-order valence-electron chi connectivity index (χ3n) is 4.69. The molecule has 1 saturated heterocycles. The molecule has 1 aromatic carbocycles. The zero-order valence-electron chi connectivity index (χ0n) is 12.3. The van der Waals surface area contributed by atoms with E-state index in [0.29, 0.717) is 5.56 Å². The van der Waals surface area contributed by atoms with Crippen molar-refractivity contribution in [1.29, 1.82) is 0 Å². The molecule has 0 unspecified atom stereocenters. The van der Waals surface area contributed by atoms with Crippen LogP contribution < -0.4 is 10.5 Å². The van der Waals surface area contributed by atoms with Gasteiger partial charge in [0.2, 0.25) is 0 Å². The highest BCUT2D eigenvalue weighted by Crippen LogP contribution is 2.47. The minimum absolute atomic E-state index is 0.00878. The van der Waals surface area contributed by atoms with Gasteiger partial charge in [-0.1, -0.05) is 12.1 Å². The second-order valence-electron chi connectivity index (χ2n) is 6.45. The molecule has 0 bridgehead atoms. The lowest BCUT2D eigenvalue weighted by Gasteiger charge is -2.56. The number of nitrogens with zero attached hydrogens (tertiary/aromatic N) is 1. The van der Waals surface area contributed by atoms with Gasteiger partial charge >= 0.3 is 6.18 Å². The Kier molecular flexibility index (Phi) is 3.95. The Balaban J connectivity index is 1.72. The third-order valence-corrected chi connectivity index (χ3v) is 5.77. The fourth-order valence-corrected chi connectivity index (χ4v) is 4.21. The van der Waals surface area contributed by atoms with Crippen molar-refractivity contribution in [2.45, 2.75) is 31.6 Å². The summed E-state index contributed by atoms with van der Waals surface area (Å²) in [6.07, 6.45) is -2.94. The van der Waals surface area contributed by atoms with Crippen LogP contribution in [-0.4, -0.2) is 31.9 Å². The predicted molar refractivity (Wildman–Crippen MR) is 78.4 cm³/mol. The molecule has 0 amide bonds. The molecule has 1 aliphatic heterocycles. The standard InChI is InChI=1S/C14H18F3N3O2S/c15-14(16,17)11-3-1-10(2-4-11)7-20(23(18,21)22)12-5-13(6-12)8-19-9-13/h1-4,12,19H,5-9H2,(H2,18,21,22). The molecule has 1 aliphatic carbocycles. The maximum absolute atomic E-state index is 12.6. The number of hydrogen-bond donors (Lipinski definition) is 2. The molecule has 128 valence electrons. The van der Waals surface area contributed by atoms with E-state index in [2.05, 4.69) is 5.32 Å². The number of halogens is 3. The normalized spacial score (nSPS) is 21.3. The van der Waals surface area contributed by atoms with E-state index in [0.717, 1.165) is 38.1 Å². The summed E-state index contributed by atoms with van der Waals surface area (Å²) in [6.45, 7) is 1.75. The van der Waals surface area contributed by atoms with Crippen LogP contribution in [0, 0.1) is 5.41 Å². The smallest absolute Gasteiger partial charge is 0.316 e. The van der Waals surface area contributed by atoms with Crippen LogP contribution in [0.2, 0.25) is 0 Å². The molecule has 23 heavy (non-hydrogen) atoms. The Morgan fingerprint density at radius 1 is 1.22 bits per heavy atom. The zero-order chi connectivity index (χ0) is 16.9. The Morgan fingerprint density at radius 2 is 1.78 bits per heavy atom. The molecular formula is C14H18F3N3O2S. The van der Waals surface area contributed by atoms with E-state index in [-0.39, 0.29) is 18.0 Å². The lowest BCUT2D eigenvalue weighted by atomic mass is 9.61. The molecule has 0 radical (unpaired) electrons. The van der Waals surface area contributed by atoms with Crippen LogP contribution in [0.5, 0.6) is 0 Å². The quantitative estimate of drug-likeness (QED) is 0.864. The number of nitrogens with one attached hydrogen (secondary N) is 1. The largest absolute Gasteiger partial charge is 0.416 e.